The van der Waals surface area contributed by atoms with Gasteiger partial charge >= 0.3 is 77.7 Å². The Labute approximate surface area is 177 Å². The first-order valence-corrected chi connectivity index (χ1v) is 6.66. The Kier molecular flexibility index (Phi) is 11.3. The average molecular weight is 526 g/mol. The summed E-state index contributed by atoms with van der Waals surface area (Å²) in [5.41, 5.74) is 0. The van der Waals surface area contributed by atoms with E-state index in [0.717, 1.165) is 0 Å². The molecule has 0 aromatic heterocycles. The summed E-state index contributed by atoms with van der Waals surface area (Å²) in [6, 6.07) is 0. The summed E-state index contributed by atoms with van der Waals surface area (Å²) in [5, 5.41) is 0. The van der Waals surface area contributed by atoms with Gasteiger partial charge in [-0.05, 0) is 0 Å². The molecule has 0 aliphatic rings. The fraction of sp³-hybridized carbons (Fsp3) is 1.00. The monoisotopic (exact) mass is 526 g/mol. The van der Waals surface area contributed by atoms with E-state index < -0.39 is 59.5 Å². The van der Waals surface area contributed by atoms with E-state index in [1.54, 1.807) is 0 Å². The van der Waals surface area contributed by atoms with Crippen molar-refractivity contribution < 1.29 is 88.0 Å². The Bertz CT molecular complexity index is 584. The molecule has 0 saturated heterocycles. The zero-order valence-electron chi connectivity index (χ0n) is 12.2. The Hall–Kier alpha value is -0.120. The first-order chi connectivity index (χ1) is 12.2. The molecule has 0 heterocycles. The van der Waals surface area contributed by atoms with Crippen molar-refractivity contribution in [2.75, 3.05) is 0 Å². The first-order valence-electron chi connectivity index (χ1n) is 5.59. The van der Waals surface area contributed by atoms with Crippen molar-refractivity contribution in [1.29, 1.82) is 0 Å². The van der Waals surface area contributed by atoms with Crippen LogP contribution in [0.3, 0.4) is 0 Å². The molecule has 0 fully saturated rings. The summed E-state index contributed by atoms with van der Waals surface area (Å²) in [4.78, 5) is 0. The van der Waals surface area contributed by atoms with Crippen LogP contribution < -0.4 is 0 Å². The maximum atomic E-state index is 12.8. The van der Waals surface area contributed by atoms with Crippen molar-refractivity contribution in [3.63, 3.8) is 0 Å². The van der Waals surface area contributed by atoms with Gasteiger partial charge in [0.05, 0.1) is 0 Å². The molecule has 0 aliphatic carbocycles. The Balaban J connectivity index is -0.00000133. The molecule has 0 atom stereocenters. The van der Waals surface area contributed by atoms with E-state index in [1.165, 1.54) is 0 Å². The van der Waals surface area contributed by atoms with E-state index in [4.69, 9.17) is 13.3 Å². The van der Waals surface area contributed by atoms with Crippen LogP contribution in [0.5, 0.6) is 0 Å². The van der Waals surface area contributed by atoms with Gasteiger partial charge in [0.2, 0.25) is 0 Å². The van der Waals surface area contributed by atoms with Crippen LogP contribution in [0.25, 0.3) is 0 Å². The molecule has 0 bridgehead atoms. The van der Waals surface area contributed by atoms with Gasteiger partial charge in [-0.25, -0.2) is 8.78 Å². The second-order valence-corrected chi connectivity index (χ2v) is 4.99. The van der Waals surface area contributed by atoms with E-state index in [9.17, 15) is 74.6 Å². The molecule has 0 aromatic carbocycles. The minimum absolute atomic E-state index is 0. The van der Waals surface area contributed by atoms with Crippen LogP contribution in [-0.2, 0) is 11.4 Å². The quantitative estimate of drug-likeness (QED) is 0.301. The van der Waals surface area contributed by atoms with Crippen molar-refractivity contribution in [3.8, 4) is 0 Å². The average Bonchev–Trinajstić information content (AvgIpc) is 2.43. The standard InChI is InChI=1S/C8HF17.Na.H2O3S.H/c9-1(10)2(11,12)3(13,14)4(15,16)5(17,18)6(19,20)7(21,22)8(23,24)25;;1-4(2)3;/h1H;;(H2,1,2,3);. The van der Waals surface area contributed by atoms with Gasteiger partial charge < -0.3 is 0 Å². The van der Waals surface area contributed by atoms with Gasteiger partial charge in [0, 0.05) is 0 Å². The molecular weight excluding hydrogens is 522 g/mol. The molecule has 0 amide bonds. The zero-order valence-corrected chi connectivity index (χ0v) is 13.0. The van der Waals surface area contributed by atoms with E-state index >= 15 is 0 Å². The topological polar surface area (TPSA) is 57.5 Å². The van der Waals surface area contributed by atoms with E-state index in [2.05, 4.69) is 0 Å². The molecule has 22 heteroatoms. The molecule has 0 spiro atoms. The summed E-state index contributed by atoms with van der Waals surface area (Å²) in [6.45, 7) is 0. The van der Waals surface area contributed by atoms with Crippen LogP contribution in [0.4, 0.5) is 74.6 Å². The van der Waals surface area contributed by atoms with Crippen LogP contribution in [0.2, 0.25) is 0 Å². The van der Waals surface area contributed by atoms with Crippen molar-refractivity contribution >= 4 is 40.9 Å². The third-order valence-electron chi connectivity index (χ3n) is 2.63. The summed E-state index contributed by atoms with van der Waals surface area (Å²) in [6.07, 6.45) is -13.6. The van der Waals surface area contributed by atoms with Crippen molar-refractivity contribution in [2.45, 2.75) is 48.1 Å². The van der Waals surface area contributed by atoms with Gasteiger partial charge in [0.15, 0.2) is 0 Å². The van der Waals surface area contributed by atoms with Gasteiger partial charge in [-0.15, -0.1) is 0 Å². The first kappa shape index (κ1) is 34.5. The molecule has 2 N–H and O–H groups in total. The molecular formula is C8H4F17NaO3S. The molecule has 30 heavy (non-hydrogen) atoms. The number of hydrogen-bond acceptors (Lipinski definition) is 1. The fourth-order valence-electron chi connectivity index (χ4n) is 1.12. The van der Waals surface area contributed by atoms with Gasteiger partial charge in [0.1, 0.15) is 0 Å². The molecule has 0 aromatic rings. The van der Waals surface area contributed by atoms with E-state index in [-0.39, 0.29) is 29.6 Å². The molecule has 0 aliphatic heterocycles. The third-order valence-corrected chi connectivity index (χ3v) is 2.63. The van der Waals surface area contributed by atoms with Gasteiger partial charge in [-0.3, -0.25) is 9.11 Å². The summed E-state index contributed by atoms with van der Waals surface area (Å²) >= 11 is -2.61. The molecule has 0 radical (unpaired) electrons. The molecule has 3 nitrogen and oxygen atoms in total. The van der Waals surface area contributed by atoms with Crippen molar-refractivity contribution in [2.24, 2.45) is 0 Å². The Morgan fingerprint density at radius 2 is 0.733 bits per heavy atom. The van der Waals surface area contributed by atoms with Crippen LogP contribution >= 0.6 is 0 Å². The summed E-state index contributed by atoms with van der Waals surface area (Å²) in [5.74, 6) is -49.2. The number of alkyl halides is 17. The number of hydrogen-bond donors (Lipinski definition) is 2. The fourth-order valence-corrected chi connectivity index (χ4v) is 1.12. The van der Waals surface area contributed by atoms with Crippen LogP contribution in [0.1, 0.15) is 0 Å². The SMILES string of the molecule is FC(F)C(F)(F)C(F)(F)C(F)(F)C(F)(F)C(F)(F)C(F)(F)C(F)(F)F.O=S(O)O.[NaH]. The van der Waals surface area contributed by atoms with Crippen LogP contribution in [0, 0.1) is 0 Å². The van der Waals surface area contributed by atoms with Gasteiger partial charge in [0.25, 0.3) is 11.4 Å². The Morgan fingerprint density at radius 3 is 0.933 bits per heavy atom. The van der Waals surface area contributed by atoms with Crippen molar-refractivity contribution in [1.82, 2.24) is 0 Å². The Morgan fingerprint density at radius 1 is 0.533 bits per heavy atom. The molecule has 0 saturated carbocycles. The molecule has 0 unspecified atom stereocenters. The van der Waals surface area contributed by atoms with Crippen LogP contribution in [-0.4, -0.2) is 91.0 Å². The van der Waals surface area contributed by atoms with Gasteiger partial charge in [-0.1, -0.05) is 0 Å². The molecule has 0 rings (SSSR count). The maximum absolute atomic E-state index is 12.8. The van der Waals surface area contributed by atoms with Crippen molar-refractivity contribution in [3.05, 3.63) is 0 Å². The third kappa shape index (κ3) is 5.62. The minimum atomic E-state index is -8.54. The number of halogens is 17. The predicted octanol–water partition coefficient (Wildman–Crippen LogP) is 4.66. The summed E-state index contributed by atoms with van der Waals surface area (Å²) in [7, 11) is 0. The zero-order chi connectivity index (χ0) is 24.7. The van der Waals surface area contributed by atoms with Crippen LogP contribution in [0.15, 0.2) is 0 Å². The van der Waals surface area contributed by atoms with E-state index in [0.29, 0.717) is 0 Å². The molecule has 180 valence electrons. The van der Waals surface area contributed by atoms with Gasteiger partial charge in [-0.2, -0.15) is 70.1 Å². The summed E-state index contributed by atoms with van der Waals surface area (Å²) < 4.78 is 232. The number of rotatable bonds is 6. The predicted molar refractivity (Wildman–Crippen MR) is 62.3 cm³/mol. The second-order valence-electron chi connectivity index (χ2n) is 4.52. The normalized spacial score (nSPS) is 15.0. The second kappa shape index (κ2) is 9.79. The van der Waals surface area contributed by atoms with E-state index in [1.807, 2.05) is 0 Å².